The SMILES string of the molecule is CCCCNC(CC)CN(CC(CC)NCCCC)C(=O)c1ccccc1/N=N/c1c(C)c(C#N)c(=O)n(CC)c1O. The molecule has 1 aromatic carbocycles. The van der Waals surface area contributed by atoms with Gasteiger partial charge in [-0.3, -0.25) is 14.2 Å². The molecule has 230 valence electrons. The summed E-state index contributed by atoms with van der Waals surface area (Å²) in [5.74, 6) is -0.505. The fourth-order valence-electron chi connectivity index (χ4n) is 4.78. The predicted octanol–water partition coefficient (Wildman–Crippen LogP) is 5.95. The lowest BCUT2D eigenvalue weighted by atomic mass is 10.1. The van der Waals surface area contributed by atoms with Crippen LogP contribution >= 0.6 is 0 Å². The Balaban J connectivity index is 2.49. The first-order valence-corrected chi connectivity index (χ1v) is 15.4. The molecular formula is C32H49N7O3. The van der Waals surface area contributed by atoms with E-state index in [1.54, 1.807) is 38.1 Å². The highest BCUT2D eigenvalue weighted by Gasteiger charge is 2.25. The van der Waals surface area contributed by atoms with Gasteiger partial charge in [0, 0.05) is 37.3 Å². The molecule has 2 atom stereocenters. The van der Waals surface area contributed by atoms with Gasteiger partial charge in [-0.1, -0.05) is 52.7 Å². The Morgan fingerprint density at radius 3 is 2.07 bits per heavy atom. The Bertz CT molecular complexity index is 1260. The minimum atomic E-state index is -0.573. The third-order valence-corrected chi connectivity index (χ3v) is 7.56. The van der Waals surface area contributed by atoms with Crippen LogP contribution in [0.5, 0.6) is 5.88 Å². The molecule has 0 aliphatic heterocycles. The number of carbonyl (C=O) groups excluding carboxylic acids is 1. The number of nitrogens with one attached hydrogen (secondary N) is 2. The largest absolute Gasteiger partial charge is 0.493 e. The molecular weight excluding hydrogens is 530 g/mol. The zero-order valence-electron chi connectivity index (χ0n) is 26.2. The van der Waals surface area contributed by atoms with Crippen LogP contribution in [0.15, 0.2) is 39.3 Å². The molecule has 0 saturated heterocycles. The summed E-state index contributed by atoms with van der Waals surface area (Å²) in [6.45, 7) is 14.9. The Labute approximate surface area is 250 Å². The smallest absolute Gasteiger partial charge is 0.271 e. The highest BCUT2D eigenvalue weighted by Crippen LogP contribution is 2.33. The van der Waals surface area contributed by atoms with Gasteiger partial charge in [0.1, 0.15) is 11.6 Å². The summed E-state index contributed by atoms with van der Waals surface area (Å²) in [6, 6.07) is 9.24. The number of rotatable bonds is 18. The van der Waals surface area contributed by atoms with Crippen LogP contribution in [0.4, 0.5) is 11.4 Å². The van der Waals surface area contributed by atoms with Crippen LogP contribution in [0.2, 0.25) is 0 Å². The zero-order chi connectivity index (χ0) is 31.1. The number of unbranched alkanes of at least 4 members (excludes halogenated alkanes) is 2. The van der Waals surface area contributed by atoms with Crippen LogP contribution in [-0.2, 0) is 6.54 Å². The fraction of sp³-hybridized carbons (Fsp3) is 0.594. The molecule has 10 nitrogen and oxygen atoms in total. The van der Waals surface area contributed by atoms with Crippen molar-refractivity contribution in [3.05, 3.63) is 51.3 Å². The predicted molar refractivity (Wildman–Crippen MR) is 168 cm³/mol. The molecule has 3 N–H and O–H groups in total. The van der Waals surface area contributed by atoms with E-state index in [1.807, 2.05) is 11.0 Å². The molecule has 42 heavy (non-hydrogen) atoms. The van der Waals surface area contributed by atoms with Crippen molar-refractivity contribution < 1.29 is 9.90 Å². The number of aromatic nitrogens is 1. The van der Waals surface area contributed by atoms with Gasteiger partial charge in [-0.25, -0.2) is 0 Å². The van der Waals surface area contributed by atoms with E-state index >= 15 is 0 Å². The van der Waals surface area contributed by atoms with Crippen molar-refractivity contribution in [3.8, 4) is 11.9 Å². The number of hydrogen-bond donors (Lipinski definition) is 3. The van der Waals surface area contributed by atoms with Crippen molar-refractivity contribution in [3.63, 3.8) is 0 Å². The average Bonchev–Trinajstić information content (AvgIpc) is 2.99. The lowest BCUT2D eigenvalue weighted by Gasteiger charge is -2.32. The number of aromatic hydroxyl groups is 1. The fourth-order valence-corrected chi connectivity index (χ4v) is 4.78. The molecule has 0 fully saturated rings. The van der Waals surface area contributed by atoms with Crippen molar-refractivity contribution in [2.24, 2.45) is 10.2 Å². The number of hydrogen-bond acceptors (Lipinski definition) is 8. The van der Waals surface area contributed by atoms with Gasteiger partial charge in [0.25, 0.3) is 11.5 Å². The number of nitriles is 1. The summed E-state index contributed by atoms with van der Waals surface area (Å²) in [5.41, 5.74) is 0.349. The molecule has 1 heterocycles. The molecule has 0 aliphatic carbocycles. The minimum Gasteiger partial charge on any atom is -0.493 e. The molecule has 0 spiro atoms. The van der Waals surface area contributed by atoms with Crippen LogP contribution in [0.1, 0.15) is 94.6 Å². The van der Waals surface area contributed by atoms with Crippen molar-refractivity contribution >= 4 is 17.3 Å². The summed E-state index contributed by atoms with van der Waals surface area (Å²) >= 11 is 0. The van der Waals surface area contributed by atoms with Gasteiger partial charge in [0.2, 0.25) is 5.88 Å². The second kappa shape index (κ2) is 18.1. The van der Waals surface area contributed by atoms with E-state index in [4.69, 9.17) is 0 Å². The van der Waals surface area contributed by atoms with E-state index in [2.05, 4.69) is 48.6 Å². The molecule has 1 aromatic heterocycles. The van der Waals surface area contributed by atoms with Crippen LogP contribution in [0.25, 0.3) is 0 Å². The molecule has 2 unspecified atom stereocenters. The molecule has 2 rings (SSSR count). The number of benzene rings is 1. The number of carbonyl (C=O) groups is 1. The first kappa shape index (κ1) is 34.7. The van der Waals surface area contributed by atoms with Crippen molar-refractivity contribution in [1.29, 1.82) is 5.26 Å². The molecule has 1 amide bonds. The standard InChI is InChI=1S/C32H49N7O3/c1-7-12-18-34-24(9-3)21-38(22-25(10-4)35-19-13-8-2)30(40)26-16-14-15-17-28(26)36-37-29-23(6)27(20-33)31(41)39(11-5)32(29)42/h14-17,24-25,34-35,42H,7-13,18-19,21-22H2,1-6H3/b37-36+. The topological polar surface area (TPSA) is 135 Å². The minimum absolute atomic E-state index is 0.0319. The second-order valence-electron chi connectivity index (χ2n) is 10.6. The summed E-state index contributed by atoms with van der Waals surface area (Å²) in [5, 5.41) is 36.1. The van der Waals surface area contributed by atoms with Gasteiger partial charge in [0.05, 0.1) is 11.3 Å². The Hall–Kier alpha value is -3.55. The number of amides is 1. The first-order valence-electron chi connectivity index (χ1n) is 15.4. The average molecular weight is 580 g/mol. The van der Waals surface area contributed by atoms with E-state index in [-0.39, 0.29) is 47.2 Å². The van der Waals surface area contributed by atoms with Gasteiger partial charge >= 0.3 is 0 Å². The highest BCUT2D eigenvalue weighted by atomic mass is 16.3. The van der Waals surface area contributed by atoms with Gasteiger partial charge in [-0.2, -0.15) is 5.26 Å². The summed E-state index contributed by atoms with van der Waals surface area (Å²) in [7, 11) is 0. The van der Waals surface area contributed by atoms with Crippen molar-refractivity contribution in [2.45, 2.75) is 98.7 Å². The molecule has 10 heteroatoms. The van der Waals surface area contributed by atoms with Crippen LogP contribution in [0.3, 0.4) is 0 Å². The van der Waals surface area contributed by atoms with E-state index in [0.717, 1.165) is 56.2 Å². The van der Waals surface area contributed by atoms with Gasteiger partial charge in [-0.05, 0) is 64.8 Å². The van der Waals surface area contributed by atoms with E-state index < -0.39 is 5.56 Å². The maximum Gasteiger partial charge on any atom is 0.271 e. The maximum absolute atomic E-state index is 14.2. The zero-order valence-corrected chi connectivity index (χ0v) is 26.2. The molecule has 2 aromatic rings. The van der Waals surface area contributed by atoms with Gasteiger partial charge in [-0.15, -0.1) is 10.2 Å². The first-order chi connectivity index (χ1) is 20.3. The van der Waals surface area contributed by atoms with Gasteiger partial charge in [0.15, 0.2) is 5.69 Å². The molecule has 0 radical (unpaired) electrons. The Kier molecular flexibility index (Phi) is 14.9. The van der Waals surface area contributed by atoms with E-state index in [9.17, 15) is 20.0 Å². The summed E-state index contributed by atoms with van der Waals surface area (Å²) in [6.07, 6.45) is 6.14. The van der Waals surface area contributed by atoms with Crippen LogP contribution in [0, 0.1) is 18.3 Å². The molecule has 0 saturated carbocycles. The maximum atomic E-state index is 14.2. The third kappa shape index (κ3) is 9.23. The summed E-state index contributed by atoms with van der Waals surface area (Å²) in [4.78, 5) is 28.6. The third-order valence-electron chi connectivity index (χ3n) is 7.56. The second-order valence-corrected chi connectivity index (χ2v) is 10.6. The highest BCUT2D eigenvalue weighted by molar-refractivity contribution is 5.99. The number of azo groups is 1. The number of nitrogens with zero attached hydrogens (tertiary/aromatic N) is 5. The van der Waals surface area contributed by atoms with Crippen molar-refractivity contribution in [1.82, 2.24) is 20.1 Å². The normalized spacial score (nSPS) is 12.8. The monoisotopic (exact) mass is 579 g/mol. The Morgan fingerprint density at radius 2 is 1.57 bits per heavy atom. The van der Waals surface area contributed by atoms with Crippen molar-refractivity contribution in [2.75, 3.05) is 26.2 Å². The summed E-state index contributed by atoms with van der Waals surface area (Å²) < 4.78 is 1.09. The lowest BCUT2D eigenvalue weighted by Crippen LogP contribution is -2.49. The Morgan fingerprint density at radius 1 is 1.00 bits per heavy atom. The molecule has 0 bridgehead atoms. The molecule has 0 aliphatic rings. The number of pyridine rings is 1. The quantitative estimate of drug-likeness (QED) is 0.148. The van der Waals surface area contributed by atoms with E-state index in [1.165, 1.54) is 0 Å². The van der Waals surface area contributed by atoms with Gasteiger partial charge < -0.3 is 20.6 Å². The van der Waals surface area contributed by atoms with Crippen LogP contribution in [-0.4, -0.2) is 58.7 Å². The lowest BCUT2D eigenvalue weighted by molar-refractivity contribution is 0.0718. The van der Waals surface area contributed by atoms with E-state index in [0.29, 0.717) is 24.3 Å². The van der Waals surface area contributed by atoms with Crippen LogP contribution < -0.4 is 16.2 Å².